The Balaban J connectivity index is 1.43. The predicted octanol–water partition coefficient (Wildman–Crippen LogP) is 1.49. The molecule has 196 valence electrons. The molecule has 0 aromatic carbocycles. The standard InChI is InChI=1S/C23H43N5O5S/c1-3-21-10-5-6-12-25(21)13-8-11-24-22(29)20-9-7-14-28(19-20)34(31,32)27-17-15-26(16-18-27)23(30)33-4-2/h20-21H,3-19H2,1-2H3,(H,24,29)/t20-,21-/m1/s1. The maximum absolute atomic E-state index is 13.2. The van der Waals surface area contributed by atoms with Gasteiger partial charge in [-0.3, -0.25) is 4.79 Å². The van der Waals surface area contributed by atoms with Crippen LogP contribution < -0.4 is 5.32 Å². The van der Waals surface area contributed by atoms with Gasteiger partial charge in [0.2, 0.25) is 5.91 Å². The maximum atomic E-state index is 13.2. The van der Waals surface area contributed by atoms with Gasteiger partial charge in [0, 0.05) is 58.4 Å². The van der Waals surface area contributed by atoms with Crippen molar-refractivity contribution in [3.8, 4) is 0 Å². The molecule has 0 bridgehead atoms. The largest absolute Gasteiger partial charge is 0.450 e. The van der Waals surface area contributed by atoms with E-state index in [1.807, 2.05) is 0 Å². The number of hydrogen-bond donors (Lipinski definition) is 1. The fourth-order valence-electron chi connectivity index (χ4n) is 5.30. The van der Waals surface area contributed by atoms with Crippen molar-refractivity contribution >= 4 is 22.2 Å². The van der Waals surface area contributed by atoms with Gasteiger partial charge in [0.25, 0.3) is 10.2 Å². The van der Waals surface area contributed by atoms with Gasteiger partial charge in [-0.05, 0) is 52.0 Å². The number of nitrogens with zero attached hydrogens (tertiary/aromatic N) is 4. The van der Waals surface area contributed by atoms with Crippen molar-refractivity contribution in [2.45, 2.75) is 64.8 Å². The topological polar surface area (TPSA) is 102 Å². The Morgan fingerprint density at radius 1 is 0.941 bits per heavy atom. The number of piperazine rings is 1. The van der Waals surface area contributed by atoms with Gasteiger partial charge in [0.05, 0.1) is 12.5 Å². The molecule has 10 nitrogen and oxygen atoms in total. The summed E-state index contributed by atoms with van der Waals surface area (Å²) in [5, 5.41) is 3.05. The number of nitrogens with one attached hydrogen (secondary N) is 1. The van der Waals surface area contributed by atoms with E-state index in [0.717, 1.165) is 19.5 Å². The summed E-state index contributed by atoms with van der Waals surface area (Å²) >= 11 is 0. The van der Waals surface area contributed by atoms with E-state index in [-0.39, 0.29) is 31.5 Å². The molecule has 2 atom stereocenters. The van der Waals surface area contributed by atoms with Crippen molar-refractivity contribution in [2.75, 3.05) is 65.5 Å². The predicted molar refractivity (Wildman–Crippen MR) is 131 cm³/mol. The van der Waals surface area contributed by atoms with Crippen molar-refractivity contribution in [1.82, 2.24) is 23.7 Å². The highest BCUT2D eigenvalue weighted by atomic mass is 32.2. The number of hydrogen-bond acceptors (Lipinski definition) is 6. The Morgan fingerprint density at radius 2 is 1.71 bits per heavy atom. The van der Waals surface area contributed by atoms with E-state index in [9.17, 15) is 18.0 Å². The third-order valence-corrected chi connectivity index (χ3v) is 9.32. The normalized spacial score (nSPS) is 25.8. The van der Waals surface area contributed by atoms with Gasteiger partial charge in [-0.2, -0.15) is 17.0 Å². The summed E-state index contributed by atoms with van der Waals surface area (Å²) < 4.78 is 34.2. The molecule has 0 aromatic heterocycles. The number of carbonyl (C=O) groups excluding carboxylic acids is 2. The summed E-state index contributed by atoms with van der Waals surface area (Å²) in [6.07, 6.45) is 6.91. The molecule has 34 heavy (non-hydrogen) atoms. The number of likely N-dealkylation sites (tertiary alicyclic amines) is 1. The molecule has 3 fully saturated rings. The number of rotatable bonds is 9. The highest BCUT2D eigenvalue weighted by Gasteiger charge is 2.37. The molecule has 11 heteroatoms. The lowest BCUT2D eigenvalue weighted by Gasteiger charge is -2.38. The lowest BCUT2D eigenvalue weighted by molar-refractivity contribution is -0.126. The van der Waals surface area contributed by atoms with Gasteiger partial charge in [-0.25, -0.2) is 4.79 Å². The summed E-state index contributed by atoms with van der Waals surface area (Å²) in [5.41, 5.74) is 0. The Bertz CT molecular complexity index is 772. The summed E-state index contributed by atoms with van der Waals surface area (Å²) in [6, 6.07) is 0.667. The van der Waals surface area contributed by atoms with Gasteiger partial charge in [-0.15, -0.1) is 0 Å². The van der Waals surface area contributed by atoms with Gasteiger partial charge in [0.1, 0.15) is 0 Å². The molecule has 2 amide bonds. The maximum Gasteiger partial charge on any atom is 0.409 e. The number of amides is 2. The van der Waals surface area contributed by atoms with Crippen LogP contribution in [0.15, 0.2) is 0 Å². The van der Waals surface area contributed by atoms with Crippen LogP contribution in [0.3, 0.4) is 0 Å². The summed E-state index contributed by atoms with van der Waals surface area (Å²) in [6.45, 7) is 8.82. The van der Waals surface area contributed by atoms with Crippen LogP contribution in [0.1, 0.15) is 58.8 Å². The van der Waals surface area contributed by atoms with E-state index in [4.69, 9.17) is 4.74 Å². The van der Waals surface area contributed by atoms with Crippen LogP contribution in [0.5, 0.6) is 0 Å². The lowest BCUT2D eigenvalue weighted by atomic mass is 9.98. The van der Waals surface area contributed by atoms with Crippen molar-refractivity contribution in [1.29, 1.82) is 0 Å². The van der Waals surface area contributed by atoms with E-state index in [2.05, 4.69) is 17.1 Å². The first-order valence-electron chi connectivity index (χ1n) is 13.1. The smallest absolute Gasteiger partial charge is 0.409 e. The molecule has 0 aliphatic carbocycles. The van der Waals surface area contributed by atoms with E-state index < -0.39 is 16.3 Å². The monoisotopic (exact) mass is 501 g/mol. The van der Waals surface area contributed by atoms with Crippen LogP contribution in [0.25, 0.3) is 0 Å². The molecular weight excluding hydrogens is 458 g/mol. The third-order valence-electron chi connectivity index (χ3n) is 7.31. The second-order valence-electron chi connectivity index (χ2n) is 9.53. The Morgan fingerprint density at radius 3 is 2.41 bits per heavy atom. The van der Waals surface area contributed by atoms with Crippen LogP contribution in [-0.2, 0) is 19.7 Å². The SMILES string of the molecule is CCOC(=O)N1CCN(S(=O)(=O)N2CCC[C@@H](C(=O)NCCCN3CCCC[C@H]3CC)C2)CC1. The first kappa shape index (κ1) is 27.2. The molecule has 3 heterocycles. The Labute approximate surface area is 205 Å². The van der Waals surface area contributed by atoms with Crippen molar-refractivity contribution < 1.29 is 22.7 Å². The van der Waals surface area contributed by atoms with Crippen molar-refractivity contribution in [3.63, 3.8) is 0 Å². The Hall–Kier alpha value is -1.43. The summed E-state index contributed by atoms with van der Waals surface area (Å²) in [4.78, 5) is 28.7. The molecule has 3 rings (SSSR count). The molecular formula is C23H43N5O5S. The zero-order chi connectivity index (χ0) is 24.6. The van der Waals surface area contributed by atoms with Gasteiger partial charge >= 0.3 is 6.09 Å². The third kappa shape index (κ3) is 7.05. The highest BCUT2D eigenvalue weighted by Crippen LogP contribution is 2.23. The fourth-order valence-corrected chi connectivity index (χ4v) is 6.98. The van der Waals surface area contributed by atoms with Crippen LogP contribution in [0.4, 0.5) is 4.79 Å². The van der Waals surface area contributed by atoms with E-state index >= 15 is 0 Å². The first-order valence-corrected chi connectivity index (χ1v) is 14.4. The molecule has 3 aliphatic rings. The average Bonchev–Trinajstić information content (AvgIpc) is 2.87. The molecule has 0 saturated carbocycles. The lowest BCUT2D eigenvalue weighted by Crippen LogP contribution is -2.56. The molecule has 0 spiro atoms. The second-order valence-corrected chi connectivity index (χ2v) is 11.5. The van der Waals surface area contributed by atoms with E-state index in [1.54, 1.807) is 6.92 Å². The zero-order valence-corrected chi connectivity index (χ0v) is 21.7. The fraction of sp³-hybridized carbons (Fsp3) is 0.913. The molecule has 0 aromatic rings. The van der Waals surface area contributed by atoms with Crippen LogP contribution in [-0.4, -0.2) is 110 Å². The minimum absolute atomic E-state index is 0.0438. The van der Waals surface area contributed by atoms with Crippen molar-refractivity contribution in [2.24, 2.45) is 5.92 Å². The summed E-state index contributed by atoms with van der Waals surface area (Å²) in [7, 11) is -3.66. The highest BCUT2D eigenvalue weighted by molar-refractivity contribution is 7.86. The first-order chi connectivity index (χ1) is 16.4. The van der Waals surface area contributed by atoms with Crippen LogP contribution in [0, 0.1) is 5.92 Å². The molecule has 0 radical (unpaired) electrons. The molecule has 3 aliphatic heterocycles. The zero-order valence-electron chi connectivity index (χ0n) is 20.9. The number of carbonyl (C=O) groups is 2. The van der Waals surface area contributed by atoms with Gasteiger partial charge in [-0.1, -0.05) is 13.3 Å². The van der Waals surface area contributed by atoms with Gasteiger partial charge < -0.3 is 19.9 Å². The number of ether oxygens (including phenoxy) is 1. The molecule has 3 saturated heterocycles. The van der Waals surface area contributed by atoms with Crippen LogP contribution >= 0.6 is 0 Å². The Kier molecular flexibility index (Phi) is 10.4. The molecule has 0 unspecified atom stereocenters. The molecule has 1 N–H and O–H groups in total. The van der Waals surface area contributed by atoms with E-state index in [1.165, 1.54) is 39.2 Å². The number of piperidine rings is 2. The average molecular weight is 502 g/mol. The van der Waals surface area contributed by atoms with E-state index in [0.29, 0.717) is 51.7 Å². The van der Waals surface area contributed by atoms with Crippen LogP contribution in [0.2, 0.25) is 0 Å². The minimum atomic E-state index is -3.66. The van der Waals surface area contributed by atoms with Gasteiger partial charge in [0.15, 0.2) is 0 Å². The second kappa shape index (κ2) is 13.0. The van der Waals surface area contributed by atoms with Crippen molar-refractivity contribution in [3.05, 3.63) is 0 Å². The minimum Gasteiger partial charge on any atom is -0.450 e. The summed E-state index contributed by atoms with van der Waals surface area (Å²) in [5.74, 6) is -0.361. The quantitative estimate of drug-likeness (QED) is 0.480.